The van der Waals surface area contributed by atoms with E-state index in [2.05, 4.69) is 0 Å². The van der Waals surface area contributed by atoms with Gasteiger partial charge in [-0.05, 0) is 55.3 Å². The van der Waals surface area contributed by atoms with Crippen LogP contribution in [0, 0.1) is 13.8 Å². The first kappa shape index (κ1) is 21.7. The van der Waals surface area contributed by atoms with Gasteiger partial charge < -0.3 is 9.84 Å². The second-order valence-corrected chi connectivity index (χ2v) is 8.14. The van der Waals surface area contributed by atoms with Gasteiger partial charge in [-0.15, -0.1) is 0 Å². The second-order valence-electron chi connectivity index (χ2n) is 7.71. The summed E-state index contributed by atoms with van der Waals surface area (Å²) >= 11 is 6.16. The maximum Gasteiger partial charge on any atom is 0.300 e. The average molecular weight is 448 g/mol. The number of aryl methyl sites for hydroxylation is 2. The molecule has 1 heterocycles. The van der Waals surface area contributed by atoms with Gasteiger partial charge in [-0.25, -0.2) is 0 Å². The van der Waals surface area contributed by atoms with E-state index in [1.807, 2.05) is 50.2 Å². The first-order valence-electron chi connectivity index (χ1n) is 10.1. The number of halogens is 1. The van der Waals surface area contributed by atoms with E-state index >= 15 is 0 Å². The standard InChI is InChI=1S/C26H22ClNO4/c1-15-8-11-18(12-9-15)28-23(19-7-5-4-6-16(19)2)22(25(30)26(28)31)24(29)20-14-17(27)10-13-21(20)32-3/h4-14,23,29H,1-3H3/b24-22+. The summed E-state index contributed by atoms with van der Waals surface area (Å²) in [4.78, 5) is 27.9. The second kappa shape index (κ2) is 8.52. The van der Waals surface area contributed by atoms with Crippen molar-refractivity contribution >= 4 is 34.7 Å². The van der Waals surface area contributed by atoms with Crippen molar-refractivity contribution in [2.24, 2.45) is 0 Å². The fourth-order valence-corrected chi connectivity index (χ4v) is 4.17. The number of aliphatic hydroxyl groups is 1. The predicted molar refractivity (Wildman–Crippen MR) is 125 cm³/mol. The van der Waals surface area contributed by atoms with E-state index in [0.717, 1.165) is 16.7 Å². The average Bonchev–Trinajstić information content (AvgIpc) is 3.04. The number of carbonyl (C=O) groups excluding carboxylic acids is 2. The van der Waals surface area contributed by atoms with Crippen LogP contribution >= 0.6 is 11.6 Å². The molecule has 0 aromatic heterocycles. The summed E-state index contributed by atoms with van der Waals surface area (Å²) in [5.41, 5.74) is 3.48. The zero-order chi connectivity index (χ0) is 23.0. The highest BCUT2D eigenvalue weighted by Crippen LogP contribution is 2.44. The van der Waals surface area contributed by atoms with Crippen molar-refractivity contribution in [3.63, 3.8) is 0 Å². The highest BCUT2D eigenvalue weighted by Gasteiger charge is 2.47. The van der Waals surface area contributed by atoms with Gasteiger partial charge in [0.2, 0.25) is 0 Å². The number of hydrogen-bond acceptors (Lipinski definition) is 4. The minimum Gasteiger partial charge on any atom is -0.507 e. The quantitative estimate of drug-likeness (QED) is 0.321. The van der Waals surface area contributed by atoms with Crippen LogP contribution in [0.2, 0.25) is 5.02 Å². The van der Waals surface area contributed by atoms with Crippen molar-refractivity contribution in [3.05, 3.63) is 99.6 Å². The van der Waals surface area contributed by atoms with Gasteiger partial charge in [-0.1, -0.05) is 53.6 Å². The summed E-state index contributed by atoms with van der Waals surface area (Å²) in [7, 11) is 1.46. The van der Waals surface area contributed by atoms with Gasteiger partial charge in [-0.2, -0.15) is 0 Å². The molecule has 1 aliphatic rings. The summed E-state index contributed by atoms with van der Waals surface area (Å²) in [6, 6.07) is 18.8. The molecule has 0 saturated carbocycles. The number of ketones is 1. The lowest BCUT2D eigenvalue weighted by Crippen LogP contribution is -2.29. The van der Waals surface area contributed by atoms with Crippen LogP contribution in [0.1, 0.15) is 28.3 Å². The Labute approximate surface area is 191 Å². The third-order valence-corrected chi connectivity index (χ3v) is 5.89. The van der Waals surface area contributed by atoms with Crippen LogP contribution in [0.15, 0.2) is 72.3 Å². The number of rotatable bonds is 4. The summed E-state index contributed by atoms with van der Waals surface area (Å²) in [5, 5.41) is 11.7. The van der Waals surface area contributed by atoms with Crippen molar-refractivity contribution in [1.29, 1.82) is 0 Å². The molecule has 3 aromatic carbocycles. The third kappa shape index (κ3) is 3.65. The SMILES string of the molecule is COc1ccc(Cl)cc1/C(O)=C1\C(=O)C(=O)N(c2ccc(C)cc2)C1c1ccccc1C. The van der Waals surface area contributed by atoms with E-state index < -0.39 is 17.7 Å². The lowest BCUT2D eigenvalue weighted by Gasteiger charge is -2.27. The minimum atomic E-state index is -0.803. The topological polar surface area (TPSA) is 66.8 Å². The summed E-state index contributed by atoms with van der Waals surface area (Å²) in [6.07, 6.45) is 0. The van der Waals surface area contributed by atoms with Gasteiger partial charge in [0.1, 0.15) is 11.5 Å². The van der Waals surface area contributed by atoms with Crippen LogP contribution in [0.25, 0.3) is 5.76 Å². The van der Waals surface area contributed by atoms with E-state index in [1.165, 1.54) is 18.1 Å². The Kier molecular flexibility index (Phi) is 5.76. The van der Waals surface area contributed by atoms with E-state index in [-0.39, 0.29) is 16.9 Å². The Morgan fingerprint density at radius 1 is 1.00 bits per heavy atom. The number of benzene rings is 3. The fraction of sp³-hybridized carbons (Fsp3) is 0.154. The number of anilines is 1. The number of ether oxygens (including phenoxy) is 1. The largest absolute Gasteiger partial charge is 0.507 e. The van der Waals surface area contributed by atoms with Gasteiger partial charge in [0.05, 0.1) is 24.3 Å². The molecule has 1 atom stereocenters. The fourth-order valence-electron chi connectivity index (χ4n) is 4.00. The number of nitrogens with zero attached hydrogens (tertiary/aromatic N) is 1. The van der Waals surface area contributed by atoms with E-state index in [9.17, 15) is 14.7 Å². The van der Waals surface area contributed by atoms with Crippen LogP contribution in [-0.2, 0) is 9.59 Å². The third-order valence-electron chi connectivity index (χ3n) is 5.66. The zero-order valence-corrected chi connectivity index (χ0v) is 18.7. The minimum absolute atomic E-state index is 0.00885. The Morgan fingerprint density at radius 2 is 1.69 bits per heavy atom. The molecule has 0 radical (unpaired) electrons. The molecule has 1 fully saturated rings. The zero-order valence-electron chi connectivity index (χ0n) is 17.9. The number of amides is 1. The Morgan fingerprint density at radius 3 is 2.34 bits per heavy atom. The molecule has 1 saturated heterocycles. The van der Waals surface area contributed by atoms with Gasteiger partial charge in [0, 0.05) is 10.7 Å². The summed E-state index contributed by atoms with van der Waals surface area (Å²) in [6.45, 7) is 3.85. The first-order chi connectivity index (χ1) is 15.3. The van der Waals surface area contributed by atoms with Crippen molar-refractivity contribution in [2.45, 2.75) is 19.9 Å². The Hall–Kier alpha value is -3.57. The summed E-state index contributed by atoms with van der Waals surface area (Å²) < 4.78 is 5.37. The molecule has 6 heteroatoms. The molecule has 1 aliphatic heterocycles. The Bertz CT molecular complexity index is 1250. The first-order valence-corrected chi connectivity index (χ1v) is 10.5. The van der Waals surface area contributed by atoms with Crippen LogP contribution in [0.4, 0.5) is 5.69 Å². The molecule has 5 nitrogen and oxygen atoms in total. The number of methoxy groups -OCH3 is 1. The molecule has 1 unspecified atom stereocenters. The lowest BCUT2D eigenvalue weighted by molar-refractivity contribution is -0.132. The van der Waals surface area contributed by atoms with Gasteiger partial charge in [0.15, 0.2) is 0 Å². The smallest absolute Gasteiger partial charge is 0.300 e. The normalized spacial score (nSPS) is 17.6. The van der Waals surface area contributed by atoms with Gasteiger partial charge in [-0.3, -0.25) is 14.5 Å². The van der Waals surface area contributed by atoms with E-state index in [1.54, 1.807) is 24.3 Å². The highest BCUT2D eigenvalue weighted by molar-refractivity contribution is 6.51. The number of hydrogen-bond donors (Lipinski definition) is 1. The molecular formula is C26H22ClNO4. The number of aliphatic hydroxyl groups excluding tert-OH is 1. The Balaban J connectivity index is 2.01. The molecular weight excluding hydrogens is 426 g/mol. The van der Waals surface area contributed by atoms with Crippen LogP contribution in [0.5, 0.6) is 5.75 Å². The van der Waals surface area contributed by atoms with Gasteiger partial charge in [0.25, 0.3) is 11.7 Å². The van der Waals surface area contributed by atoms with Crippen LogP contribution in [0.3, 0.4) is 0 Å². The van der Waals surface area contributed by atoms with Crippen LogP contribution in [-0.4, -0.2) is 23.9 Å². The maximum absolute atomic E-state index is 13.3. The monoisotopic (exact) mass is 447 g/mol. The van der Waals surface area contributed by atoms with Crippen molar-refractivity contribution in [3.8, 4) is 5.75 Å². The maximum atomic E-state index is 13.3. The van der Waals surface area contributed by atoms with E-state index in [0.29, 0.717) is 16.5 Å². The molecule has 4 rings (SSSR count). The van der Waals surface area contributed by atoms with E-state index in [4.69, 9.17) is 16.3 Å². The molecule has 0 spiro atoms. The number of carbonyl (C=O) groups is 2. The molecule has 162 valence electrons. The molecule has 0 bridgehead atoms. The molecule has 0 aliphatic carbocycles. The summed E-state index contributed by atoms with van der Waals surface area (Å²) in [5.74, 6) is -1.45. The van der Waals surface area contributed by atoms with Crippen LogP contribution < -0.4 is 9.64 Å². The highest BCUT2D eigenvalue weighted by atomic mass is 35.5. The van der Waals surface area contributed by atoms with Crippen molar-refractivity contribution in [2.75, 3.05) is 12.0 Å². The molecule has 3 aromatic rings. The van der Waals surface area contributed by atoms with Crippen molar-refractivity contribution < 1.29 is 19.4 Å². The van der Waals surface area contributed by atoms with Crippen molar-refractivity contribution in [1.82, 2.24) is 0 Å². The van der Waals surface area contributed by atoms with Gasteiger partial charge >= 0.3 is 0 Å². The molecule has 32 heavy (non-hydrogen) atoms. The lowest BCUT2D eigenvalue weighted by atomic mass is 9.92. The molecule has 1 amide bonds. The molecule has 1 N–H and O–H groups in total. The predicted octanol–water partition coefficient (Wildman–Crippen LogP) is 5.59. The number of Topliss-reactive ketones (excluding diaryl/α,β-unsaturated/α-hetero) is 1.